The standard InChI is InChI=1S/C14H16ClN3O2/c1-8(2)7-16-13-12(15)17-10-5-4-9(14(19)20-3)6-11(10)18-13/h4-6,8H,7H2,1-3H3,(H,16,18). The number of aromatic nitrogens is 2. The van der Waals surface area contributed by atoms with Crippen molar-refractivity contribution in [3.8, 4) is 0 Å². The maximum atomic E-state index is 11.5. The Labute approximate surface area is 122 Å². The summed E-state index contributed by atoms with van der Waals surface area (Å²) in [5.74, 6) is 0.584. The Bertz CT molecular complexity index is 644. The molecule has 0 unspecified atom stereocenters. The lowest BCUT2D eigenvalue weighted by molar-refractivity contribution is 0.0601. The van der Waals surface area contributed by atoms with Gasteiger partial charge in [-0.2, -0.15) is 0 Å². The van der Waals surface area contributed by atoms with Crippen LogP contribution in [0, 0.1) is 5.92 Å². The van der Waals surface area contributed by atoms with E-state index in [0.717, 1.165) is 6.54 Å². The number of carbonyl (C=O) groups is 1. The van der Waals surface area contributed by atoms with E-state index in [1.165, 1.54) is 7.11 Å². The van der Waals surface area contributed by atoms with Crippen LogP contribution in [0.5, 0.6) is 0 Å². The predicted molar refractivity (Wildman–Crippen MR) is 79.2 cm³/mol. The summed E-state index contributed by atoms with van der Waals surface area (Å²) in [7, 11) is 1.34. The van der Waals surface area contributed by atoms with E-state index in [1.807, 2.05) is 0 Å². The molecule has 0 saturated carbocycles. The lowest BCUT2D eigenvalue weighted by Gasteiger charge is -2.10. The van der Waals surface area contributed by atoms with Gasteiger partial charge in [0.05, 0.1) is 23.7 Å². The number of hydrogen-bond acceptors (Lipinski definition) is 5. The van der Waals surface area contributed by atoms with E-state index < -0.39 is 5.97 Å². The first-order valence-electron chi connectivity index (χ1n) is 6.30. The summed E-state index contributed by atoms with van der Waals surface area (Å²) in [5.41, 5.74) is 1.67. The van der Waals surface area contributed by atoms with Gasteiger partial charge >= 0.3 is 5.97 Å². The second kappa shape index (κ2) is 6.05. The number of nitrogens with one attached hydrogen (secondary N) is 1. The van der Waals surface area contributed by atoms with Crippen molar-refractivity contribution in [1.82, 2.24) is 9.97 Å². The molecule has 6 heteroatoms. The first-order valence-corrected chi connectivity index (χ1v) is 6.68. The van der Waals surface area contributed by atoms with Crippen LogP contribution in [0.25, 0.3) is 11.0 Å². The molecule has 1 aromatic heterocycles. The molecule has 0 saturated heterocycles. The molecule has 5 nitrogen and oxygen atoms in total. The zero-order valence-corrected chi connectivity index (χ0v) is 12.4. The molecule has 20 heavy (non-hydrogen) atoms. The van der Waals surface area contributed by atoms with Crippen LogP contribution in [0.15, 0.2) is 18.2 Å². The summed E-state index contributed by atoms with van der Waals surface area (Å²) in [6, 6.07) is 4.98. The first-order chi connectivity index (χ1) is 9.51. The van der Waals surface area contributed by atoms with E-state index in [2.05, 4.69) is 33.9 Å². The summed E-state index contributed by atoms with van der Waals surface area (Å²) in [6.45, 7) is 4.92. The quantitative estimate of drug-likeness (QED) is 0.877. The average Bonchev–Trinajstić information content (AvgIpc) is 2.43. The molecule has 0 bridgehead atoms. The van der Waals surface area contributed by atoms with Gasteiger partial charge in [-0.05, 0) is 24.1 Å². The molecule has 2 rings (SSSR count). The fourth-order valence-corrected chi connectivity index (χ4v) is 1.89. The molecule has 0 atom stereocenters. The van der Waals surface area contributed by atoms with Crippen LogP contribution in [-0.2, 0) is 4.74 Å². The minimum Gasteiger partial charge on any atom is -0.465 e. The minimum atomic E-state index is -0.402. The van der Waals surface area contributed by atoms with Crippen LogP contribution >= 0.6 is 11.6 Å². The Morgan fingerprint density at radius 3 is 2.75 bits per heavy atom. The summed E-state index contributed by atoms with van der Waals surface area (Å²) in [5, 5.41) is 3.47. The Kier molecular flexibility index (Phi) is 4.39. The molecular formula is C14H16ClN3O2. The average molecular weight is 294 g/mol. The molecular weight excluding hydrogens is 278 g/mol. The maximum Gasteiger partial charge on any atom is 0.337 e. The molecule has 1 heterocycles. The second-order valence-corrected chi connectivity index (χ2v) is 5.19. The number of ether oxygens (including phenoxy) is 1. The van der Waals surface area contributed by atoms with Gasteiger partial charge in [-0.3, -0.25) is 0 Å². The fourth-order valence-electron chi connectivity index (χ4n) is 1.69. The third kappa shape index (κ3) is 3.17. The van der Waals surface area contributed by atoms with Crippen molar-refractivity contribution in [1.29, 1.82) is 0 Å². The highest BCUT2D eigenvalue weighted by Gasteiger charge is 2.11. The Morgan fingerprint density at radius 1 is 1.35 bits per heavy atom. The number of halogens is 1. The lowest BCUT2D eigenvalue weighted by Crippen LogP contribution is -2.10. The highest BCUT2D eigenvalue weighted by atomic mass is 35.5. The van der Waals surface area contributed by atoms with Crippen molar-refractivity contribution < 1.29 is 9.53 Å². The number of anilines is 1. The highest BCUT2D eigenvalue weighted by Crippen LogP contribution is 2.22. The molecule has 106 valence electrons. The SMILES string of the molecule is COC(=O)c1ccc2nc(Cl)c(NCC(C)C)nc2c1. The van der Waals surface area contributed by atoms with Gasteiger partial charge in [0.25, 0.3) is 0 Å². The highest BCUT2D eigenvalue weighted by molar-refractivity contribution is 6.32. The Hall–Kier alpha value is -1.88. The van der Waals surface area contributed by atoms with Crippen molar-refractivity contribution in [2.45, 2.75) is 13.8 Å². The number of esters is 1. The number of fused-ring (bicyclic) bond motifs is 1. The van der Waals surface area contributed by atoms with E-state index >= 15 is 0 Å². The molecule has 0 spiro atoms. The van der Waals surface area contributed by atoms with Crippen molar-refractivity contribution in [2.24, 2.45) is 5.92 Å². The smallest absolute Gasteiger partial charge is 0.337 e. The van der Waals surface area contributed by atoms with E-state index in [0.29, 0.717) is 33.5 Å². The minimum absolute atomic E-state index is 0.323. The predicted octanol–water partition coefficient (Wildman–Crippen LogP) is 3.14. The second-order valence-electron chi connectivity index (χ2n) is 4.83. The van der Waals surface area contributed by atoms with Crippen LogP contribution in [0.3, 0.4) is 0 Å². The lowest BCUT2D eigenvalue weighted by atomic mass is 10.2. The first kappa shape index (κ1) is 14.5. The topological polar surface area (TPSA) is 64.1 Å². The molecule has 0 radical (unpaired) electrons. The van der Waals surface area contributed by atoms with Crippen molar-refractivity contribution in [3.05, 3.63) is 28.9 Å². The molecule has 0 aliphatic rings. The van der Waals surface area contributed by atoms with E-state index in [1.54, 1.807) is 18.2 Å². The number of nitrogens with zero attached hydrogens (tertiary/aromatic N) is 2. The fraction of sp³-hybridized carbons (Fsp3) is 0.357. The van der Waals surface area contributed by atoms with Crippen LogP contribution in [0.2, 0.25) is 5.15 Å². The summed E-state index contributed by atoms with van der Waals surface area (Å²) in [4.78, 5) is 20.2. The summed E-state index contributed by atoms with van der Waals surface area (Å²) >= 11 is 6.09. The maximum absolute atomic E-state index is 11.5. The van der Waals surface area contributed by atoms with E-state index in [4.69, 9.17) is 11.6 Å². The van der Waals surface area contributed by atoms with E-state index in [-0.39, 0.29) is 0 Å². The third-order valence-electron chi connectivity index (χ3n) is 2.72. The summed E-state index contributed by atoms with van der Waals surface area (Å²) < 4.78 is 4.69. The number of benzene rings is 1. The Balaban J connectivity index is 2.40. The van der Waals surface area contributed by atoms with Crippen LogP contribution in [-0.4, -0.2) is 29.6 Å². The molecule has 2 aromatic rings. The normalized spacial score (nSPS) is 10.8. The largest absolute Gasteiger partial charge is 0.465 e. The molecule has 0 aliphatic carbocycles. The van der Waals surface area contributed by atoms with Gasteiger partial charge in [-0.1, -0.05) is 25.4 Å². The molecule has 0 amide bonds. The van der Waals surface area contributed by atoms with Crippen LogP contribution in [0.1, 0.15) is 24.2 Å². The Morgan fingerprint density at radius 2 is 2.10 bits per heavy atom. The monoisotopic (exact) mass is 293 g/mol. The van der Waals surface area contributed by atoms with Gasteiger partial charge in [-0.25, -0.2) is 14.8 Å². The number of rotatable bonds is 4. The van der Waals surface area contributed by atoms with Gasteiger partial charge in [0, 0.05) is 6.54 Å². The number of methoxy groups -OCH3 is 1. The number of carbonyl (C=O) groups excluding carboxylic acids is 1. The molecule has 1 aromatic carbocycles. The molecule has 1 N–H and O–H groups in total. The van der Waals surface area contributed by atoms with Gasteiger partial charge in [0.2, 0.25) is 0 Å². The third-order valence-corrected chi connectivity index (χ3v) is 2.98. The van der Waals surface area contributed by atoms with Gasteiger partial charge in [0.15, 0.2) is 11.0 Å². The molecule has 0 fully saturated rings. The number of hydrogen-bond donors (Lipinski definition) is 1. The zero-order valence-electron chi connectivity index (χ0n) is 11.6. The summed E-state index contributed by atoms with van der Waals surface area (Å²) in [6.07, 6.45) is 0. The van der Waals surface area contributed by atoms with Gasteiger partial charge in [0.1, 0.15) is 0 Å². The zero-order chi connectivity index (χ0) is 14.7. The van der Waals surface area contributed by atoms with Crippen molar-refractivity contribution >= 4 is 34.4 Å². The molecule has 0 aliphatic heterocycles. The van der Waals surface area contributed by atoms with Crippen molar-refractivity contribution in [2.75, 3.05) is 19.0 Å². The van der Waals surface area contributed by atoms with Gasteiger partial charge < -0.3 is 10.1 Å². The van der Waals surface area contributed by atoms with Gasteiger partial charge in [-0.15, -0.1) is 0 Å². The van der Waals surface area contributed by atoms with E-state index in [9.17, 15) is 4.79 Å². The van der Waals surface area contributed by atoms with Crippen LogP contribution < -0.4 is 5.32 Å². The van der Waals surface area contributed by atoms with Crippen molar-refractivity contribution in [3.63, 3.8) is 0 Å². The van der Waals surface area contributed by atoms with Crippen LogP contribution in [0.4, 0.5) is 5.82 Å².